The van der Waals surface area contributed by atoms with Gasteiger partial charge in [-0.25, -0.2) is 8.42 Å². The van der Waals surface area contributed by atoms with Crippen molar-refractivity contribution in [3.63, 3.8) is 0 Å². The number of aryl methyl sites for hydroxylation is 1. The van der Waals surface area contributed by atoms with Crippen molar-refractivity contribution in [1.82, 2.24) is 8.87 Å². The van der Waals surface area contributed by atoms with Crippen LogP contribution in [0.4, 0.5) is 0 Å². The zero-order chi connectivity index (χ0) is 24.2. The smallest absolute Gasteiger partial charge is 0.279 e. The Bertz CT molecular complexity index is 1290. The van der Waals surface area contributed by atoms with E-state index in [1.807, 2.05) is 49.8 Å². The van der Waals surface area contributed by atoms with Gasteiger partial charge in [0.2, 0.25) is 10.0 Å². The number of aromatic nitrogens is 1. The fourth-order valence-electron chi connectivity index (χ4n) is 3.16. The first-order chi connectivity index (χ1) is 15.7. The standard InChI is InChI=1S/C23H29N3O4S3/c1-6-30-18-9-12-20-21(15-18)32-23(26(20)13-14-31-5)24-22(27)17-7-10-19(11-8-17)33(28,29)25(4)16(2)3/h7-12,15-16H,6,13-14H2,1-5H3. The molecule has 0 N–H and O–H groups in total. The van der Waals surface area contributed by atoms with Crippen molar-refractivity contribution in [2.75, 3.05) is 25.7 Å². The van der Waals surface area contributed by atoms with Crippen LogP contribution < -0.4 is 9.54 Å². The van der Waals surface area contributed by atoms with Gasteiger partial charge in [-0.2, -0.15) is 21.1 Å². The number of fused-ring (bicyclic) bond motifs is 1. The quantitative estimate of drug-likeness (QED) is 0.433. The highest BCUT2D eigenvalue weighted by Crippen LogP contribution is 2.24. The maximum Gasteiger partial charge on any atom is 0.279 e. The summed E-state index contributed by atoms with van der Waals surface area (Å²) in [4.78, 5) is 18.1. The van der Waals surface area contributed by atoms with E-state index in [9.17, 15) is 13.2 Å². The van der Waals surface area contributed by atoms with Crippen molar-refractivity contribution in [3.8, 4) is 5.75 Å². The second-order valence-corrected chi connectivity index (χ2v) is 11.6. The van der Waals surface area contributed by atoms with E-state index in [-0.39, 0.29) is 10.9 Å². The van der Waals surface area contributed by atoms with Gasteiger partial charge in [0.05, 0.1) is 21.7 Å². The molecule has 1 amide bonds. The number of hydrogen-bond acceptors (Lipinski definition) is 6. The molecule has 0 fully saturated rings. The van der Waals surface area contributed by atoms with Gasteiger partial charge >= 0.3 is 0 Å². The molecule has 1 aromatic heterocycles. The van der Waals surface area contributed by atoms with E-state index < -0.39 is 15.9 Å². The number of amides is 1. The van der Waals surface area contributed by atoms with Crippen LogP contribution in [0.2, 0.25) is 0 Å². The van der Waals surface area contributed by atoms with E-state index >= 15 is 0 Å². The molecule has 3 rings (SSSR count). The molecule has 0 unspecified atom stereocenters. The Kier molecular flexibility index (Phi) is 8.38. The van der Waals surface area contributed by atoms with E-state index in [0.717, 1.165) is 28.3 Å². The lowest BCUT2D eigenvalue weighted by molar-refractivity contribution is 0.0997. The first-order valence-electron chi connectivity index (χ1n) is 10.6. The molecule has 0 atom stereocenters. The van der Waals surface area contributed by atoms with Crippen molar-refractivity contribution in [2.24, 2.45) is 4.99 Å². The summed E-state index contributed by atoms with van der Waals surface area (Å²) in [5.74, 6) is 1.26. The zero-order valence-corrected chi connectivity index (χ0v) is 21.9. The monoisotopic (exact) mass is 507 g/mol. The molecular weight excluding hydrogens is 478 g/mol. The maximum atomic E-state index is 12.9. The average Bonchev–Trinajstić information content (AvgIpc) is 3.13. The number of rotatable bonds is 9. The molecule has 1 heterocycles. The van der Waals surface area contributed by atoms with E-state index in [2.05, 4.69) is 4.99 Å². The Balaban J connectivity index is 1.98. The van der Waals surface area contributed by atoms with Crippen LogP contribution in [-0.4, -0.2) is 54.9 Å². The van der Waals surface area contributed by atoms with Crippen LogP contribution in [0.3, 0.4) is 0 Å². The largest absolute Gasteiger partial charge is 0.494 e. The average molecular weight is 508 g/mol. The van der Waals surface area contributed by atoms with Crippen molar-refractivity contribution in [2.45, 2.75) is 38.3 Å². The highest BCUT2D eigenvalue weighted by molar-refractivity contribution is 7.98. The minimum Gasteiger partial charge on any atom is -0.494 e. The van der Waals surface area contributed by atoms with Gasteiger partial charge < -0.3 is 9.30 Å². The summed E-state index contributed by atoms with van der Waals surface area (Å²) in [5.41, 5.74) is 1.34. The molecule has 0 saturated carbocycles. The summed E-state index contributed by atoms with van der Waals surface area (Å²) in [7, 11) is -2.07. The van der Waals surface area contributed by atoms with Gasteiger partial charge in [-0.15, -0.1) is 0 Å². The number of carbonyl (C=O) groups excluding carboxylic acids is 1. The van der Waals surface area contributed by atoms with E-state index in [1.54, 1.807) is 18.8 Å². The van der Waals surface area contributed by atoms with Crippen LogP contribution in [-0.2, 0) is 16.6 Å². The molecule has 178 valence electrons. The van der Waals surface area contributed by atoms with Crippen LogP contribution in [0.5, 0.6) is 5.75 Å². The number of nitrogens with zero attached hydrogens (tertiary/aromatic N) is 3. The minimum absolute atomic E-state index is 0.149. The van der Waals surface area contributed by atoms with Crippen LogP contribution >= 0.6 is 23.1 Å². The molecule has 0 aliphatic rings. The Hall–Kier alpha value is -2.14. The number of benzene rings is 2. The number of carbonyl (C=O) groups is 1. The SMILES string of the molecule is CCOc1ccc2c(c1)sc(=NC(=O)c1ccc(S(=O)(=O)N(C)C(C)C)cc1)n2CCSC. The first kappa shape index (κ1) is 25.5. The van der Waals surface area contributed by atoms with Crippen molar-refractivity contribution in [1.29, 1.82) is 0 Å². The maximum absolute atomic E-state index is 12.9. The Morgan fingerprint density at radius 1 is 1.21 bits per heavy atom. The minimum atomic E-state index is -3.61. The number of thioether (sulfide) groups is 1. The number of ether oxygens (including phenoxy) is 1. The van der Waals surface area contributed by atoms with Crippen LogP contribution in [0, 0.1) is 0 Å². The molecule has 2 aromatic carbocycles. The van der Waals surface area contributed by atoms with Gasteiger partial charge in [-0.3, -0.25) is 4.79 Å². The second kappa shape index (κ2) is 10.9. The third-order valence-corrected chi connectivity index (χ3v) is 8.87. The zero-order valence-electron chi connectivity index (χ0n) is 19.4. The number of sulfonamides is 1. The van der Waals surface area contributed by atoms with Crippen molar-refractivity contribution in [3.05, 3.63) is 52.8 Å². The van der Waals surface area contributed by atoms with Gasteiger partial charge in [0, 0.05) is 31.0 Å². The number of hydrogen-bond donors (Lipinski definition) is 0. The van der Waals surface area contributed by atoms with Gasteiger partial charge in [0.15, 0.2) is 4.80 Å². The molecule has 0 aliphatic heterocycles. The number of thiazole rings is 1. The van der Waals surface area contributed by atoms with Crippen LogP contribution in [0.15, 0.2) is 52.4 Å². The lowest BCUT2D eigenvalue weighted by atomic mass is 10.2. The Morgan fingerprint density at radius 3 is 2.52 bits per heavy atom. The molecule has 0 aliphatic carbocycles. The summed E-state index contributed by atoms with van der Waals surface area (Å²) < 4.78 is 35.3. The van der Waals surface area contributed by atoms with E-state index in [4.69, 9.17) is 4.74 Å². The van der Waals surface area contributed by atoms with Gasteiger partial charge in [-0.05, 0) is 69.5 Å². The summed E-state index contributed by atoms with van der Waals surface area (Å²) in [6.45, 7) is 6.86. The molecule has 0 saturated heterocycles. The van der Waals surface area contributed by atoms with Gasteiger partial charge in [0.25, 0.3) is 5.91 Å². The second-order valence-electron chi connectivity index (χ2n) is 7.65. The molecule has 0 radical (unpaired) electrons. The highest BCUT2D eigenvalue weighted by Gasteiger charge is 2.23. The topological polar surface area (TPSA) is 81.0 Å². The van der Waals surface area contributed by atoms with Crippen LogP contribution in [0.1, 0.15) is 31.1 Å². The highest BCUT2D eigenvalue weighted by atomic mass is 32.2. The third kappa shape index (κ3) is 5.68. The van der Waals surface area contributed by atoms with Gasteiger partial charge in [0.1, 0.15) is 5.75 Å². The first-order valence-corrected chi connectivity index (χ1v) is 14.3. The molecule has 0 spiro atoms. The summed E-state index contributed by atoms with van der Waals surface area (Å²) >= 11 is 3.16. The van der Waals surface area contributed by atoms with Gasteiger partial charge in [-0.1, -0.05) is 11.3 Å². The van der Waals surface area contributed by atoms with E-state index in [0.29, 0.717) is 17.0 Å². The molecule has 7 nitrogen and oxygen atoms in total. The molecule has 10 heteroatoms. The Morgan fingerprint density at radius 2 is 1.91 bits per heavy atom. The van der Waals surface area contributed by atoms with Crippen LogP contribution in [0.25, 0.3) is 10.2 Å². The normalized spacial score (nSPS) is 12.8. The fourth-order valence-corrected chi connectivity index (χ4v) is 5.97. The predicted molar refractivity (Wildman–Crippen MR) is 136 cm³/mol. The van der Waals surface area contributed by atoms with Crippen molar-refractivity contribution < 1.29 is 17.9 Å². The molecule has 33 heavy (non-hydrogen) atoms. The van der Waals surface area contributed by atoms with Crippen molar-refractivity contribution >= 4 is 49.2 Å². The fraction of sp³-hybridized carbons (Fsp3) is 0.391. The summed E-state index contributed by atoms with van der Waals surface area (Å²) in [6.07, 6.45) is 2.04. The Labute approximate surface area is 203 Å². The van der Waals surface area contributed by atoms with E-state index in [1.165, 1.54) is 39.9 Å². The molecule has 0 bridgehead atoms. The predicted octanol–water partition coefficient (Wildman–Crippen LogP) is 4.23. The lowest BCUT2D eigenvalue weighted by Gasteiger charge is -2.20. The molecule has 3 aromatic rings. The third-order valence-electron chi connectivity index (χ3n) is 5.19. The molecular formula is C23H29N3O4S3. The summed E-state index contributed by atoms with van der Waals surface area (Å²) in [6, 6.07) is 11.7. The lowest BCUT2D eigenvalue weighted by Crippen LogP contribution is -2.33. The summed E-state index contributed by atoms with van der Waals surface area (Å²) in [5, 5.41) is 0.